The van der Waals surface area contributed by atoms with Gasteiger partial charge in [-0.1, -0.05) is 0 Å². The molecule has 0 unspecified atom stereocenters. The second-order valence-electron chi connectivity index (χ2n) is 6.43. The number of ether oxygens (including phenoxy) is 1. The minimum atomic E-state index is -3.79. The zero-order chi connectivity index (χ0) is 21.6. The van der Waals surface area contributed by atoms with Gasteiger partial charge in [0.25, 0.3) is 0 Å². The van der Waals surface area contributed by atoms with Gasteiger partial charge in [0.15, 0.2) is 0 Å². The molecule has 2 aromatic carbocycles. The summed E-state index contributed by atoms with van der Waals surface area (Å²) in [5, 5.41) is 10.5. The van der Waals surface area contributed by atoms with E-state index < -0.39 is 16.1 Å². The van der Waals surface area contributed by atoms with Crippen LogP contribution in [0.15, 0.2) is 53.4 Å². The molecule has 0 aliphatic carbocycles. The fourth-order valence-corrected chi connectivity index (χ4v) is 2.93. The van der Waals surface area contributed by atoms with Gasteiger partial charge in [0.1, 0.15) is 5.75 Å². The lowest BCUT2D eigenvalue weighted by Gasteiger charge is -2.23. The number of sulfonamides is 1. The second kappa shape index (κ2) is 9.50. The summed E-state index contributed by atoms with van der Waals surface area (Å²) >= 11 is 0. The quantitative estimate of drug-likeness (QED) is 0.589. The van der Waals surface area contributed by atoms with E-state index in [-0.39, 0.29) is 23.3 Å². The Balaban J connectivity index is 1.90. The summed E-state index contributed by atoms with van der Waals surface area (Å²) in [6.07, 6.45) is 0. The van der Waals surface area contributed by atoms with Crippen molar-refractivity contribution in [1.29, 1.82) is 0 Å². The van der Waals surface area contributed by atoms with Crippen molar-refractivity contribution in [3.8, 4) is 5.75 Å². The van der Waals surface area contributed by atoms with Crippen LogP contribution in [-0.2, 0) is 19.6 Å². The van der Waals surface area contributed by atoms with Crippen LogP contribution in [0.3, 0.4) is 0 Å². The normalized spacial score (nSPS) is 12.3. The molecule has 0 saturated heterocycles. The van der Waals surface area contributed by atoms with Crippen molar-refractivity contribution in [3.05, 3.63) is 48.5 Å². The van der Waals surface area contributed by atoms with Gasteiger partial charge in [0.05, 0.1) is 24.6 Å². The van der Waals surface area contributed by atoms with Crippen LogP contribution in [0.1, 0.15) is 6.92 Å². The molecule has 0 spiro atoms. The summed E-state index contributed by atoms with van der Waals surface area (Å²) in [4.78, 5) is 26.2. The summed E-state index contributed by atoms with van der Waals surface area (Å²) < 4.78 is 27.6. The van der Waals surface area contributed by atoms with Crippen molar-refractivity contribution in [2.24, 2.45) is 5.14 Å². The maximum absolute atomic E-state index is 12.4. The van der Waals surface area contributed by atoms with Crippen LogP contribution >= 0.6 is 0 Å². The van der Waals surface area contributed by atoms with Crippen LogP contribution in [0.5, 0.6) is 5.75 Å². The Labute approximate surface area is 169 Å². The number of likely N-dealkylation sites (N-methyl/N-ethyl adjacent to an activating group) is 1. The number of hydrogen-bond donors (Lipinski definition) is 3. The Hall–Kier alpha value is -2.95. The summed E-state index contributed by atoms with van der Waals surface area (Å²) in [7, 11) is -0.580. The van der Waals surface area contributed by atoms with Gasteiger partial charge in [-0.3, -0.25) is 14.5 Å². The van der Waals surface area contributed by atoms with Gasteiger partial charge in [-0.15, -0.1) is 0 Å². The lowest BCUT2D eigenvalue weighted by Crippen LogP contribution is -2.43. The summed E-state index contributed by atoms with van der Waals surface area (Å²) in [6.45, 7) is 1.67. The van der Waals surface area contributed by atoms with Crippen molar-refractivity contribution in [1.82, 2.24) is 4.90 Å². The first kappa shape index (κ1) is 22.3. The van der Waals surface area contributed by atoms with Crippen LogP contribution in [0.4, 0.5) is 11.4 Å². The molecule has 0 aromatic heterocycles. The number of nitrogens with one attached hydrogen (secondary N) is 2. The number of carbonyl (C=O) groups excluding carboxylic acids is 2. The second-order valence-corrected chi connectivity index (χ2v) is 7.99. The third-order valence-corrected chi connectivity index (χ3v) is 5.19. The number of carbonyl (C=O) groups is 2. The molecule has 156 valence electrons. The number of primary sulfonamides is 1. The van der Waals surface area contributed by atoms with Gasteiger partial charge >= 0.3 is 0 Å². The Bertz CT molecular complexity index is 959. The first-order valence-electron chi connectivity index (χ1n) is 8.68. The van der Waals surface area contributed by atoms with Crippen LogP contribution in [0.25, 0.3) is 0 Å². The van der Waals surface area contributed by atoms with E-state index >= 15 is 0 Å². The highest BCUT2D eigenvalue weighted by molar-refractivity contribution is 7.89. The molecular weight excluding hydrogens is 396 g/mol. The summed E-state index contributed by atoms with van der Waals surface area (Å²) in [6, 6.07) is 11.8. The standard InChI is InChI=1S/C19H24N4O5S/c1-13(19(25)22-15-6-10-17(11-7-15)29(20,26)27)23(2)12-18(24)21-14-4-8-16(28-3)9-5-14/h4-11,13H,12H2,1-3H3,(H,21,24)(H,22,25)(H2,20,26,27)/t13-/m1/s1. The number of hydrogen-bond acceptors (Lipinski definition) is 6. The van der Waals surface area contributed by atoms with Crippen LogP contribution in [0, 0.1) is 0 Å². The van der Waals surface area contributed by atoms with E-state index in [0.717, 1.165) is 0 Å². The average Bonchev–Trinajstić information content (AvgIpc) is 2.67. The minimum Gasteiger partial charge on any atom is -0.497 e. The Kier molecular flexibility index (Phi) is 7.32. The van der Waals surface area contributed by atoms with E-state index in [1.165, 1.54) is 24.3 Å². The molecule has 0 bridgehead atoms. The number of benzene rings is 2. The smallest absolute Gasteiger partial charge is 0.241 e. The molecular formula is C19H24N4O5S. The Morgan fingerprint density at radius 1 is 1.03 bits per heavy atom. The van der Waals surface area contributed by atoms with Crippen LogP contribution < -0.4 is 20.5 Å². The predicted octanol–water partition coefficient (Wildman–Crippen LogP) is 1.24. The fraction of sp³-hybridized carbons (Fsp3) is 0.263. The molecule has 0 radical (unpaired) electrons. The van der Waals surface area contributed by atoms with Crippen molar-refractivity contribution in [2.45, 2.75) is 17.9 Å². The van der Waals surface area contributed by atoms with Crippen molar-refractivity contribution in [2.75, 3.05) is 31.3 Å². The zero-order valence-electron chi connectivity index (χ0n) is 16.4. The van der Waals surface area contributed by atoms with Crippen LogP contribution in [-0.4, -0.2) is 51.9 Å². The van der Waals surface area contributed by atoms with Gasteiger partial charge in [-0.2, -0.15) is 0 Å². The van der Waals surface area contributed by atoms with E-state index in [9.17, 15) is 18.0 Å². The first-order valence-corrected chi connectivity index (χ1v) is 10.2. The van der Waals surface area contributed by atoms with E-state index in [4.69, 9.17) is 9.88 Å². The van der Waals surface area contributed by atoms with Crippen molar-refractivity contribution in [3.63, 3.8) is 0 Å². The number of anilines is 2. The molecule has 0 heterocycles. The van der Waals surface area contributed by atoms with E-state index in [1.807, 2.05) is 0 Å². The van der Waals surface area contributed by atoms with E-state index in [2.05, 4.69) is 10.6 Å². The number of nitrogens with two attached hydrogens (primary N) is 1. The molecule has 29 heavy (non-hydrogen) atoms. The molecule has 0 aliphatic heterocycles. The molecule has 0 aliphatic rings. The molecule has 1 atom stereocenters. The number of methoxy groups -OCH3 is 1. The largest absolute Gasteiger partial charge is 0.497 e. The Morgan fingerprint density at radius 3 is 2.07 bits per heavy atom. The van der Waals surface area contributed by atoms with E-state index in [1.54, 1.807) is 50.2 Å². The highest BCUT2D eigenvalue weighted by Gasteiger charge is 2.20. The highest BCUT2D eigenvalue weighted by atomic mass is 32.2. The summed E-state index contributed by atoms with van der Waals surface area (Å²) in [5.41, 5.74) is 1.04. The minimum absolute atomic E-state index is 0.00493. The van der Waals surface area contributed by atoms with Gasteiger partial charge in [0.2, 0.25) is 21.8 Å². The first-order chi connectivity index (χ1) is 13.6. The summed E-state index contributed by atoms with van der Waals surface area (Å²) in [5.74, 6) is 0.0745. The van der Waals surface area contributed by atoms with Gasteiger partial charge in [-0.25, -0.2) is 13.6 Å². The molecule has 4 N–H and O–H groups in total. The maximum Gasteiger partial charge on any atom is 0.241 e. The van der Waals surface area contributed by atoms with Gasteiger partial charge in [-0.05, 0) is 62.5 Å². The monoisotopic (exact) mass is 420 g/mol. The predicted molar refractivity (Wildman–Crippen MR) is 110 cm³/mol. The highest BCUT2D eigenvalue weighted by Crippen LogP contribution is 2.15. The SMILES string of the molecule is COc1ccc(NC(=O)CN(C)[C@H](C)C(=O)Nc2ccc(S(N)(=O)=O)cc2)cc1. The number of amides is 2. The number of rotatable bonds is 8. The topological polar surface area (TPSA) is 131 Å². The van der Waals surface area contributed by atoms with Crippen molar-refractivity contribution >= 4 is 33.2 Å². The van der Waals surface area contributed by atoms with Gasteiger partial charge in [0, 0.05) is 11.4 Å². The van der Waals surface area contributed by atoms with Gasteiger partial charge < -0.3 is 15.4 Å². The van der Waals surface area contributed by atoms with Crippen molar-refractivity contribution < 1.29 is 22.7 Å². The average molecular weight is 420 g/mol. The maximum atomic E-state index is 12.4. The Morgan fingerprint density at radius 2 is 1.55 bits per heavy atom. The molecule has 2 rings (SSSR count). The third-order valence-electron chi connectivity index (χ3n) is 4.26. The number of nitrogens with zero attached hydrogens (tertiary/aromatic N) is 1. The van der Waals surface area contributed by atoms with E-state index in [0.29, 0.717) is 17.1 Å². The molecule has 10 heteroatoms. The molecule has 0 saturated carbocycles. The molecule has 0 fully saturated rings. The van der Waals surface area contributed by atoms with Crippen LogP contribution in [0.2, 0.25) is 0 Å². The lowest BCUT2D eigenvalue weighted by atomic mass is 10.2. The molecule has 2 aromatic rings. The lowest BCUT2D eigenvalue weighted by molar-refractivity contribution is -0.122. The molecule has 9 nitrogen and oxygen atoms in total. The zero-order valence-corrected chi connectivity index (χ0v) is 17.2. The fourth-order valence-electron chi connectivity index (χ4n) is 2.41. The molecule has 2 amide bonds. The third kappa shape index (κ3) is 6.56.